The van der Waals surface area contributed by atoms with Gasteiger partial charge in [0, 0.05) is 25.8 Å². The first-order valence-corrected chi connectivity index (χ1v) is 18.4. The van der Waals surface area contributed by atoms with Crippen LogP contribution in [0.25, 0.3) is 0 Å². The lowest BCUT2D eigenvalue weighted by Gasteiger charge is -2.28. The van der Waals surface area contributed by atoms with Gasteiger partial charge in [0.1, 0.15) is 30.2 Å². The summed E-state index contributed by atoms with van der Waals surface area (Å²) in [5, 5.41) is 23.0. The Morgan fingerprint density at radius 3 is 1.91 bits per heavy atom. The summed E-state index contributed by atoms with van der Waals surface area (Å²) < 4.78 is 0. The standard InChI is InChI=1S/C36H58N10O8/c1-21(2)30(35(54)43-24(31(38)50)15-16-28(37)48)46-34(53)27(20-47)45-32(51)25(14-9-17-41-36(39)40)44-33(52)26(18-22-10-5-3-6-11-22)42-29(49)19-23-12-7-4-8-13-23/h3,5-6,10-11,21,23-27,30,47H,4,7-9,12-20H2,1-2H3,(H2,37,48)(H2,38,50)(H,42,49)(H,43,54)(H,44,52)(H,45,51)(H,46,53)(H4,39,40,41)/t24-,25+,26+,27+,30+/m1/s1. The third kappa shape index (κ3) is 16.6. The van der Waals surface area contributed by atoms with Crippen molar-refractivity contribution in [3.05, 3.63) is 35.9 Å². The van der Waals surface area contributed by atoms with Crippen LogP contribution in [0.3, 0.4) is 0 Å². The molecule has 54 heavy (non-hydrogen) atoms. The molecular formula is C36H58N10O8. The van der Waals surface area contributed by atoms with Crippen LogP contribution in [0.4, 0.5) is 0 Å². The second-order valence-corrected chi connectivity index (χ2v) is 14.0. The van der Waals surface area contributed by atoms with Crippen molar-refractivity contribution in [2.45, 2.75) is 115 Å². The summed E-state index contributed by atoms with van der Waals surface area (Å²) in [6.07, 6.45) is 5.39. The highest BCUT2D eigenvalue weighted by molar-refractivity contribution is 5.96. The molecule has 1 aromatic rings. The van der Waals surface area contributed by atoms with E-state index < -0.39 is 78.2 Å². The Bertz CT molecular complexity index is 1450. The number of primary amides is 2. The van der Waals surface area contributed by atoms with E-state index in [4.69, 9.17) is 22.9 Å². The van der Waals surface area contributed by atoms with E-state index in [1.54, 1.807) is 13.8 Å². The van der Waals surface area contributed by atoms with Gasteiger partial charge in [0.2, 0.25) is 41.4 Å². The number of amides is 7. The van der Waals surface area contributed by atoms with Crippen molar-refractivity contribution in [2.75, 3.05) is 13.2 Å². The largest absolute Gasteiger partial charge is 0.394 e. The van der Waals surface area contributed by atoms with Gasteiger partial charge in [-0.3, -0.25) is 38.6 Å². The summed E-state index contributed by atoms with van der Waals surface area (Å²) in [4.78, 5) is 94.1. The monoisotopic (exact) mass is 758 g/mol. The van der Waals surface area contributed by atoms with Gasteiger partial charge in [-0.15, -0.1) is 0 Å². The van der Waals surface area contributed by atoms with Crippen molar-refractivity contribution in [1.82, 2.24) is 26.6 Å². The number of hydrogen-bond acceptors (Lipinski definition) is 9. The van der Waals surface area contributed by atoms with Crippen molar-refractivity contribution >= 4 is 47.3 Å². The zero-order chi connectivity index (χ0) is 40.2. The number of nitrogens with zero attached hydrogens (tertiary/aromatic N) is 1. The normalized spacial score (nSPS) is 15.7. The minimum atomic E-state index is -1.57. The Morgan fingerprint density at radius 1 is 0.741 bits per heavy atom. The van der Waals surface area contributed by atoms with Crippen molar-refractivity contribution in [3.63, 3.8) is 0 Å². The Balaban J connectivity index is 2.24. The molecule has 1 fully saturated rings. The van der Waals surface area contributed by atoms with Crippen LogP contribution in [0.5, 0.6) is 0 Å². The van der Waals surface area contributed by atoms with Crippen LogP contribution in [-0.2, 0) is 40.0 Å². The van der Waals surface area contributed by atoms with Gasteiger partial charge < -0.3 is 54.6 Å². The summed E-state index contributed by atoms with van der Waals surface area (Å²) in [6.45, 7) is 2.47. The van der Waals surface area contributed by atoms with Crippen molar-refractivity contribution in [3.8, 4) is 0 Å². The molecular weight excluding hydrogens is 700 g/mol. The topological polar surface area (TPSA) is 316 Å². The molecule has 7 amide bonds. The smallest absolute Gasteiger partial charge is 0.245 e. The molecule has 18 heteroatoms. The zero-order valence-electron chi connectivity index (χ0n) is 31.2. The quantitative estimate of drug-likeness (QED) is 0.0335. The summed E-state index contributed by atoms with van der Waals surface area (Å²) in [7, 11) is 0. The van der Waals surface area contributed by atoms with E-state index in [0.29, 0.717) is 0 Å². The molecule has 5 atom stereocenters. The fourth-order valence-electron chi connectivity index (χ4n) is 6.10. The van der Waals surface area contributed by atoms with E-state index >= 15 is 0 Å². The number of aliphatic hydroxyl groups is 1. The molecule has 14 N–H and O–H groups in total. The van der Waals surface area contributed by atoms with E-state index in [-0.39, 0.29) is 62.9 Å². The van der Waals surface area contributed by atoms with E-state index in [1.807, 2.05) is 30.3 Å². The van der Waals surface area contributed by atoms with E-state index in [1.165, 1.54) is 0 Å². The Labute approximate surface area is 315 Å². The number of nitrogens with one attached hydrogen (secondary N) is 5. The van der Waals surface area contributed by atoms with Crippen molar-refractivity contribution < 1.29 is 38.7 Å². The average molecular weight is 759 g/mol. The lowest BCUT2D eigenvalue weighted by Crippen LogP contribution is -2.60. The number of rotatable bonds is 23. The number of guanidine groups is 1. The summed E-state index contributed by atoms with van der Waals surface area (Å²) in [6, 6.07) is 2.72. The van der Waals surface area contributed by atoms with E-state index in [2.05, 4.69) is 31.6 Å². The van der Waals surface area contributed by atoms with Crippen LogP contribution >= 0.6 is 0 Å². The first kappa shape index (κ1) is 44.9. The first-order valence-electron chi connectivity index (χ1n) is 18.4. The number of carbonyl (C=O) groups is 7. The molecule has 0 heterocycles. The van der Waals surface area contributed by atoms with Crippen LogP contribution in [0.1, 0.15) is 83.6 Å². The second kappa shape index (κ2) is 23.4. The lowest BCUT2D eigenvalue weighted by molar-refractivity contribution is -0.136. The maximum Gasteiger partial charge on any atom is 0.245 e. The predicted molar refractivity (Wildman–Crippen MR) is 200 cm³/mol. The zero-order valence-corrected chi connectivity index (χ0v) is 31.2. The molecule has 0 spiro atoms. The predicted octanol–water partition coefficient (Wildman–Crippen LogP) is -1.92. The maximum absolute atomic E-state index is 13.8. The Hall–Kier alpha value is -5.26. The van der Waals surface area contributed by atoms with Gasteiger partial charge in [-0.25, -0.2) is 0 Å². The van der Waals surface area contributed by atoms with Gasteiger partial charge >= 0.3 is 0 Å². The molecule has 1 aliphatic rings. The minimum Gasteiger partial charge on any atom is -0.394 e. The van der Waals surface area contributed by atoms with Gasteiger partial charge in [-0.05, 0) is 49.5 Å². The highest BCUT2D eigenvalue weighted by Gasteiger charge is 2.33. The Morgan fingerprint density at radius 2 is 1.33 bits per heavy atom. The number of hydrogen-bond donors (Lipinski definition) is 10. The molecule has 0 unspecified atom stereocenters. The van der Waals surface area contributed by atoms with Crippen LogP contribution in [0, 0.1) is 11.8 Å². The molecule has 2 rings (SSSR count). The third-order valence-electron chi connectivity index (χ3n) is 9.11. The van der Waals surface area contributed by atoms with Crippen LogP contribution < -0.4 is 49.5 Å². The molecule has 1 aliphatic carbocycles. The molecule has 1 aromatic carbocycles. The molecule has 0 aromatic heterocycles. The lowest BCUT2D eigenvalue weighted by atomic mass is 9.87. The molecule has 18 nitrogen and oxygen atoms in total. The highest BCUT2D eigenvalue weighted by atomic mass is 16.3. The molecule has 0 aliphatic heterocycles. The Kier molecular flexibility index (Phi) is 19.5. The summed E-state index contributed by atoms with van der Waals surface area (Å²) in [5.74, 6) is -5.58. The molecule has 1 saturated carbocycles. The average Bonchev–Trinajstić information content (AvgIpc) is 3.12. The van der Waals surface area contributed by atoms with Gasteiger partial charge in [0.25, 0.3) is 0 Å². The molecule has 300 valence electrons. The van der Waals surface area contributed by atoms with Gasteiger partial charge in [0.15, 0.2) is 5.96 Å². The van der Waals surface area contributed by atoms with Crippen LogP contribution in [0.15, 0.2) is 35.3 Å². The summed E-state index contributed by atoms with van der Waals surface area (Å²) in [5.41, 5.74) is 22.2. The fourth-order valence-corrected chi connectivity index (χ4v) is 6.10. The number of aliphatic imine (C=N–C) groups is 1. The van der Waals surface area contributed by atoms with Crippen molar-refractivity contribution in [2.24, 2.45) is 39.8 Å². The SMILES string of the molecule is CC(C)[C@H](NC(=O)[C@H](CO)NC(=O)[C@H](CCCN=C(N)N)NC(=O)[C@H](Cc1ccccc1)NC(=O)CC1CCCCC1)C(=O)N[C@H](CCC(N)=O)C(N)=O. The van der Waals surface area contributed by atoms with Crippen molar-refractivity contribution in [1.29, 1.82) is 0 Å². The number of nitrogens with two attached hydrogens (primary N) is 4. The number of benzene rings is 1. The molecule has 0 bridgehead atoms. The summed E-state index contributed by atoms with van der Waals surface area (Å²) >= 11 is 0. The maximum atomic E-state index is 13.8. The number of carbonyl (C=O) groups excluding carboxylic acids is 7. The molecule has 0 radical (unpaired) electrons. The van der Waals surface area contributed by atoms with Gasteiger partial charge in [-0.2, -0.15) is 0 Å². The van der Waals surface area contributed by atoms with Crippen LogP contribution in [0.2, 0.25) is 0 Å². The highest BCUT2D eigenvalue weighted by Crippen LogP contribution is 2.26. The van der Waals surface area contributed by atoms with E-state index in [0.717, 1.165) is 37.7 Å². The van der Waals surface area contributed by atoms with Gasteiger partial charge in [-0.1, -0.05) is 63.4 Å². The fraction of sp³-hybridized carbons (Fsp3) is 0.611. The van der Waals surface area contributed by atoms with Crippen LogP contribution in [-0.4, -0.2) is 95.8 Å². The molecule has 0 saturated heterocycles. The minimum absolute atomic E-state index is 0.0129. The number of aliphatic hydroxyl groups excluding tert-OH is 1. The van der Waals surface area contributed by atoms with E-state index in [9.17, 15) is 38.7 Å². The van der Waals surface area contributed by atoms with Gasteiger partial charge in [0.05, 0.1) is 6.61 Å². The third-order valence-corrected chi connectivity index (χ3v) is 9.11. The first-order chi connectivity index (χ1) is 25.6. The second-order valence-electron chi connectivity index (χ2n) is 14.0.